The van der Waals surface area contributed by atoms with Crippen molar-refractivity contribution in [2.24, 2.45) is 0 Å². The monoisotopic (exact) mass is 198 g/mol. The quantitative estimate of drug-likeness (QED) is 0.739. The van der Waals surface area contributed by atoms with Gasteiger partial charge in [0.1, 0.15) is 5.82 Å². The fourth-order valence-electron chi connectivity index (χ4n) is 1.93. The molecule has 15 heavy (non-hydrogen) atoms. The third-order valence-corrected chi connectivity index (χ3v) is 2.71. The molecule has 0 aliphatic heterocycles. The van der Waals surface area contributed by atoms with Gasteiger partial charge in [0.25, 0.3) is 0 Å². The summed E-state index contributed by atoms with van der Waals surface area (Å²) in [7, 11) is 0. The van der Waals surface area contributed by atoms with E-state index in [9.17, 15) is 0 Å². The zero-order valence-electron chi connectivity index (χ0n) is 8.22. The molecule has 0 unspecified atom stereocenters. The van der Waals surface area contributed by atoms with Gasteiger partial charge >= 0.3 is 0 Å². The minimum Gasteiger partial charge on any atom is -0.323 e. The molecular formula is C11H10N4. The van der Waals surface area contributed by atoms with E-state index < -0.39 is 0 Å². The fourth-order valence-corrected chi connectivity index (χ4v) is 1.93. The standard InChI is InChI=1S/C11H10N4/c12-5-3-11-14-9-4-6-13-7-10(9)15(11)8-1-2-8/h4,6-8H,1-3H2. The highest BCUT2D eigenvalue weighted by Gasteiger charge is 2.27. The Bertz CT molecular complexity index is 545. The molecule has 2 aromatic heterocycles. The van der Waals surface area contributed by atoms with E-state index in [2.05, 4.69) is 20.6 Å². The Kier molecular flexibility index (Phi) is 1.72. The third kappa shape index (κ3) is 1.28. The number of rotatable bonds is 2. The van der Waals surface area contributed by atoms with Crippen molar-refractivity contribution in [2.45, 2.75) is 25.3 Å². The molecule has 4 nitrogen and oxygen atoms in total. The van der Waals surface area contributed by atoms with Crippen LogP contribution in [0.1, 0.15) is 24.7 Å². The number of imidazole rings is 1. The lowest BCUT2D eigenvalue weighted by molar-refractivity contribution is 0.720. The number of hydrogen-bond donors (Lipinski definition) is 0. The number of hydrogen-bond acceptors (Lipinski definition) is 3. The van der Waals surface area contributed by atoms with Crippen LogP contribution in [0.4, 0.5) is 0 Å². The van der Waals surface area contributed by atoms with Gasteiger partial charge in [-0.15, -0.1) is 0 Å². The lowest BCUT2D eigenvalue weighted by Gasteiger charge is -2.03. The van der Waals surface area contributed by atoms with E-state index in [4.69, 9.17) is 5.26 Å². The van der Waals surface area contributed by atoms with Gasteiger partial charge in [-0.3, -0.25) is 4.98 Å². The van der Waals surface area contributed by atoms with Crippen molar-refractivity contribution in [1.29, 1.82) is 5.26 Å². The Balaban J connectivity index is 2.25. The van der Waals surface area contributed by atoms with E-state index in [-0.39, 0.29) is 0 Å². The predicted molar refractivity (Wildman–Crippen MR) is 55.1 cm³/mol. The van der Waals surface area contributed by atoms with Gasteiger partial charge in [0.2, 0.25) is 0 Å². The van der Waals surface area contributed by atoms with Crippen LogP contribution in [-0.4, -0.2) is 14.5 Å². The molecule has 0 saturated heterocycles. The van der Waals surface area contributed by atoms with Crippen molar-refractivity contribution >= 4 is 11.0 Å². The molecular weight excluding hydrogens is 188 g/mol. The average molecular weight is 198 g/mol. The molecule has 1 fully saturated rings. The summed E-state index contributed by atoms with van der Waals surface area (Å²) in [6.45, 7) is 0. The first-order valence-electron chi connectivity index (χ1n) is 5.08. The summed E-state index contributed by atoms with van der Waals surface area (Å²) >= 11 is 0. The summed E-state index contributed by atoms with van der Waals surface area (Å²) in [6, 6.07) is 4.61. The van der Waals surface area contributed by atoms with Crippen LogP contribution in [0.25, 0.3) is 11.0 Å². The maximum atomic E-state index is 8.75. The van der Waals surface area contributed by atoms with Gasteiger partial charge in [0.05, 0.1) is 29.7 Å². The second-order valence-electron chi connectivity index (χ2n) is 3.83. The molecule has 0 bridgehead atoms. The van der Waals surface area contributed by atoms with Crippen LogP contribution >= 0.6 is 0 Å². The van der Waals surface area contributed by atoms with Crippen molar-refractivity contribution in [3.63, 3.8) is 0 Å². The molecule has 4 heteroatoms. The van der Waals surface area contributed by atoms with Crippen LogP contribution in [0.3, 0.4) is 0 Å². The predicted octanol–water partition coefficient (Wildman–Crippen LogP) is 1.83. The minimum absolute atomic E-state index is 0.380. The topological polar surface area (TPSA) is 54.5 Å². The largest absolute Gasteiger partial charge is 0.323 e. The summed E-state index contributed by atoms with van der Waals surface area (Å²) < 4.78 is 2.17. The van der Waals surface area contributed by atoms with Gasteiger partial charge in [-0.05, 0) is 18.9 Å². The van der Waals surface area contributed by atoms with Crippen molar-refractivity contribution in [3.05, 3.63) is 24.3 Å². The molecule has 1 saturated carbocycles. The SMILES string of the molecule is N#CCc1nc2ccncc2n1C1CC1. The zero-order valence-corrected chi connectivity index (χ0v) is 8.22. The molecule has 74 valence electrons. The summed E-state index contributed by atoms with van der Waals surface area (Å²) in [5.74, 6) is 0.878. The number of aromatic nitrogens is 3. The molecule has 0 atom stereocenters. The van der Waals surface area contributed by atoms with Crippen molar-refractivity contribution in [3.8, 4) is 6.07 Å². The molecule has 3 rings (SSSR count). The van der Waals surface area contributed by atoms with Crippen LogP contribution in [0.2, 0.25) is 0 Å². The first-order valence-corrected chi connectivity index (χ1v) is 5.08. The minimum atomic E-state index is 0.380. The summed E-state index contributed by atoms with van der Waals surface area (Å²) in [5, 5.41) is 8.75. The third-order valence-electron chi connectivity index (χ3n) is 2.71. The maximum Gasteiger partial charge on any atom is 0.124 e. The number of nitriles is 1. The summed E-state index contributed by atoms with van der Waals surface area (Å²) in [5.41, 5.74) is 2.01. The van der Waals surface area contributed by atoms with Crippen molar-refractivity contribution < 1.29 is 0 Å². The fraction of sp³-hybridized carbons (Fsp3) is 0.364. The van der Waals surface area contributed by atoms with E-state index >= 15 is 0 Å². The first kappa shape index (κ1) is 8.42. The van der Waals surface area contributed by atoms with E-state index in [1.807, 2.05) is 12.3 Å². The molecule has 0 amide bonds. The second-order valence-corrected chi connectivity index (χ2v) is 3.83. The zero-order chi connectivity index (χ0) is 10.3. The highest BCUT2D eigenvalue weighted by Crippen LogP contribution is 2.38. The Morgan fingerprint density at radius 3 is 3.13 bits per heavy atom. The molecule has 0 radical (unpaired) electrons. The first-order chi connectivity index (χ1) is 7.40. The van der Waals surface area contributed by atoms with E-state index in [0.29, 0.717) is 12.5 Å². The van der Waals surface area contributed by atoms with Gasteiger partial charge in [0, 0.05) is 12.2 Å². The summed E-state index contributed by atoms with van der Waals surface area (Å²) in [4.78, 5) is 8.58. The second kappa shape index (κ2) is 3.06. The van der Waals surface area contributed by atoms with E-state index in [1.54, 1.807) is 6.20 Å². The van der Waals surface area contributed by atoms with Crippen LogP contribution in [0.15, 0.2) is 18.5 Å². The van der Waals surface area contributed by atoms with E-state index in [1.165, 1.54) is 12.8 Å². The number of pyridine rings is 1. The molecule has 0 N–H and O–H groups in total. The average Bonchev–Trinajstić information content (AvgIpc) is 3.01. The highest BCUT2D eigenvalue weighted by atomic mass is 15.1. The number of nitrogens with zero attached hydrogens (tertiary/aromatic N) is 4. The Morgan fingerprint density at radius 2 is 2.40 bits per heavy atom. The molecule has 0 aromatic carbocycles. The van der Waals surface area contributed by atoms with E-state index in [0.717, 1.165) is 16.9 Å². The molecule has 2 aromatic rings. The van der Waals surface area contributed by atoms with Crippen LogP contribution in [0, 0.1) is 11.3 Å². The van der Waals surface area contributed by atoms with Crippen LogP contribution in [-0.2, 0) is 6.42 Å². The Morgan fingerprint density at radius 1 is 1.53 bits per heavy atom. The van der Waals surface area contributed by atoms with Gasteiger partial charge < -0.3 is 4.57 Å². The molecule has 1 aliphatic rings. The lowest BCUT2D eigenvalue weighted by atomic mass is 10.4. The number of fused-ring (bicyclic) bond motifs is 1. The Labute approximate surface area is 87.2 Å². The normalized spacial score (nSPS) is 15.4. The molecule has 0 spiro atoms. The summed E-state index contributed by atoms with van der Waals surface area (Å²) in [6.07, 6.45) is 6.34. The van der Waals surface area contributed by atoms with Gasteiger partial charge in [-0.25, -0.2) is 4.98 Å². The van der Waals surface area contributed by atoms with Crippen molar-refractivity contribution in [2.75, 3.05) is 0 Å². The van der Waals surface area contributed by atoms with Gasteiger partial charge in [0.15, 0.2) is 0 Å². The lowest BCUT2D eigenvalue weighted by Crippen LogP contribution is -2.00. The highest BCUT2D eigenvalue weighted by molar-refractivity contribution is 5.75. The molecule has 1 aliphatic carbocycles. The van der Waals surface area contributed by atoms with Gasteiger partial charge in [-0.1, -0.05) is 0 Å². The van der Waals surface area contributed by atoms with Gasteiger partial charge in [-0.2, -0.15) is 5.26 Å². The molecule has 2 heterocycles. The maximum absolute atomic E-state index is 8.75. The van der Waals surface area contributed by atoms with Crippen LogP contribution in [0.5, 0.6) is 0 Å². The smallest absolute Gasteiger partial charge is 0.124 e. The Hall–Kier alpha value is -1.89. The van der Waals surface area contributed by atoms with Crippen molar-refractivity contribution in [1.82, 2.24) is 14.5 Å². The van der Waals surface area contributed by atoms with Crippen LogP contribution < -0.4 is 0 Å².